The van der Waals surface area contributed by atoms with Crippen LogP contribution in [0, 0.1) is 16.0 Å². The van der Waals surface area contributed by atoms with Crippen molar-refractivity contribution in [3.8, 4) is 0 Å². The minimum atomic E-state index is -0.397. The van der Waals surface area contributed by atoms with Gasteiger partial charge < -0.3 is 16.0 Å². The molecule has 1 unspecified atom stereocenters. The Morgan fingerprint density at radius 3 is 2.54 bits per heavy atom. The van der Waals surface area contributed by atoms with Crippen molar-refractivity contribution >= 4 is 17.3 Å². The van der Waals surface area contributed by atoms with Crippen LogP contribution in [-0.4, -0.2) is 36.5 Å². The standard InChI is InChI=1S/C19H28N4O3/c20-13-16(14-6-2-1-3-7-14)21-19(24)15-8-9-17(18(12-15)23(25)26)22-10-4-5-11-22/h8-9,12,14,16H,1-7,10-11,13,20H2,(H,21,24). The summed E-state index contributed by atoms with van der Waals surface area (Å²) in [6.45, 7) is 2.04. The van der Waals surface area contributed by atoms with Crippen LogP contribution in [0.25, 0.3) is 0 Å². The molecule has 1 aromatic rings. The Hall–Kier alpha value is -2.15. The largest absolute Gasteiger partial charge is 0.366 e. The highest BCUT2D eigenvalue weighted by Gasteiger charge is 2.27. The summed E-state index contributed by atoms with van der Waals surface area (Å²) in [5.41, 5.74) is 6.82. The van der Waals surface area contributed by atoms with Crippen LogP contribution < -0.4 is 16.0 Å². The quantitative estimate of drug-likeness (QED) is 0.600. The molecule has 0 spiro atoms. The van der Waals surface area contributed by atoms with Crippen LogP contribution in [-0.2, 0) is 0 Å². The maximum atomic E-state index is 12.7. The Labute approximate surface area is 154 Å². The summed E-state index contributed by atoms with van der Waals surface area (Å²) < 4.78 is 0. The number of nitro groups is 1. The number of nitrogens with two attached hydrogens (primary N) is 1. The van der Waals surface area contributed by atoms with Gasteiger partial charge in [-0.05, 0) is 43.7 Å². The fourth-order valence-corrected chi connectivity index (χ4v) is 4.19. The van der Waals surface area contributed by atoms with Crippen molar-refractivity contribution in [2.45, 2.75) is 51.0 Å². The average molecular weight is 360 g/mol. The van der Waals surface area contributed by atoms with E-state index >= 15 is 0 Å². The molecule has 1 amide bonds. The number of hydrogen-bond donors (Lipinski definition) is 2. The van der Waals surface area contributed by atoms with E-state index in [9.17, 15) is 14.9 Å². The minimum Gasteiger partial charge on any atom is -0.366 e. The Morgan fingerprint density at radius 1 is 1.23 bits per heavy atom. The molecule has 7 nitrogen and oxygen atoms in total. The van der Waals surface area contributed by atoms with Gasteiger partial charge in [0.05, 0.1) is 4.92 Å². The zero-order chi connectivity index (χ0) is 18.5. The van der Waals surface area contributed by atoms with Crippen LogP contribution in [0.5, 0.6) is 0 Å². The molecule has 0 radical (unpaired) electrons. The Balaban J connectivity index is 1.75. The normalized spacial score (nSPS) is 19.3. The van der Waals surface area contributed by atoms with Gasteiger partial charge in [0.15, 0.2) is 0 Å². The maximum Gasteiger partial charge on any atom is 0.293 e. The molecule has 3 rings (SSSR count). The SMILES string of the molecule is NCC(NC(=O)c1ccc(N2CCCC2)c([N+](=O)[O-])c1)C1CCCCC1. The van der Waals surface area contributed by atoms with Gasteiger partial charge in [-0.2, -0.15) is 0 Å². The van der Waals surface area contributed by atoms with Crippen molar-refractivity contribution in [3.05, 3.63) is 33.9 Å². The summed E-state index contributed by atoms with van der Waals surface area (Å²) in [5.74, 6) is 0.124. The zero-order valence-corrected chi connectivity index (χ0v) is 15.2. The number of nitrogens with zero attached hydrogens (tertiary/aromatic N) is 2. The van der Waals surface area contributed by atoms with Crippen LogP contribution in [0.15, 0.2) is 18.2 Å². The highest BCUT2D eigenvalue weighted by molar-refractivity contribution is 5.96. The molecule has 1 aromatic carbocycles. The van der Waals surface area contributed by atoms with Crippen LogP contribution in [0.1, 0.15) is 55.3 Å². The van der Waals surface area contributed by atoms with Gasteiger partial charge in [-0.3, -0.25) is 14.9 Å². The number of anilines is 1. The lowest BCUT2D eigenvalue weighted by Gasteiger charge is -2.30. The number of benzene rings is 1. The maximum absolute atomic E-state index is 12.7. The molecule has 2 aliphatic rings. The van der Waals surface area contributed by atoms with E-state index in [1.165, 1.54) is 25.3 Å². The average Bonchev–Trinajstić information content (AvgIpc) is 3.20. The Kier molecular flexibility index (Phi) is 6.08. The Bertz CT molecular complexity index is 652. The van der Waals surface area contributed by atoms with Gasteiger partial charge in [0.25, 0.3) is 11.6 Å². The molecule has 26 heavy (non-hydrogen) atoms. The zero-order valence-electron chi connectivity index (χ0n) is 15.2. The highest BCUT2D eigenvalue weighted by Crippen LogP contribution is 2.32. The summed E-state index contributed by atoms with van der Waals surface area (Å²) in [5, 5.41) is 14.5. The lowest BCUT2D eigenvalue weighted by Crippen LogP contribution is -2.45. The molecule has 1 aliphatic heterocycles. The van der Waals surface area contributed by atoms with Crippen molar-refractivity contribution < 1.29 is 9.72 Å². The minimum absolute atomic E-state index is 0.00140. The summed E-state index contributed by atoms with van der Waals surface area (Å²) in [6.07, 6.45) is 7.83. The third-order valence-electron chi connectivity index (χ3n) is 5.67. The smallest absolute Gasteiger partial charge is 0.293 e. The van der Waals surface area contributed by atoms with Gasteiger partial charge in [0.2, 0.25) is 0 Å². The lowest BCUT2D eigenvalue weighted by atomic mass is 9.84. The third-order valence-corrected chi connectivity index (χ3v) is 5.67. The second-order valence-electron chi connectivity index (χ2n) is 7.37. The van der Waals surface area contributed by atoms with Crippen molar-refractivity contribution in [2.24, 2.45) is 11.7 Å². The van der Waals surface area contributed by atoms with E-state index in [0.29, 0.717) is 23.7 Å². The molecule has 1 aliphatic carbocycles. The number of hydrogen-bond acceptors (Lipinski definition) is 5. The molecule has 3 N–H and O–H groups in total. The second-order valence-corrected chi connectivity index (χ2v) is 7.37. The predicted molar refractivity (Wildman–Crippen MR) is 101 cm³/mol. The fraction of sp³-hybridized carbons (Fsp3) is 0.632. The van der Waals surface area contributed by atoms with Crippen molar-refractivity contribution in [2.75, 3.05) is 24.5 Å². The molecule has 142 valence electrons. The van der Waals surface area contributed by atoms with Gasteiger partial charge in [-0.15, -0.1) is 0 Å². The first-order valence-electron chi connectivity index (χ1n) is 9.64. The number of nitrogens with one attached hydrogen (secondary N) is 1. The highest BCUT2D eigenvalue weighted by atomic mass is 16.6. The third kappa shape index (κ3) is 4.15. The number of nitro benzene ring substituents is 1. The van der Waals surface area contributed by atoms with Gasteiger partial charge in [0.1, 0.15) is 5.69 Å². The van der Waals surface area contributed by atoms with Crippen molar-refractivity contribution in [1.82, 2.24) is 5.32 Å². The molecular weight excluding hydrogens is 332 g/mol. The number of amides is 1. The summed E-state index contributed by atoms with van der Waals surface area (Å²) in [4.78, 5) is 25.8. The topological polar surface area (TPSA) is 102 Å². The summed E-state index contributed by atoms with van der Waals surface area (Å²) in [7, 11) is 0. The van der Waals surface area contributed by atoms with E-state index in [2.05, 4.69) is 5.32 Å². The van der Waals surface area contributed by atoms with Crippen LogP contribution >= 0.6 is 0 Å². The fourth-order valence-electron chi connectivity index (χ4n) is 4.19. The second kappa shape index (κ2) is 8.49. The van der Waals surface area contributed by atoms with Gasteiger partial charge >= 0.3 is 0 Å². The molecule has 0 bridgehead atoms. The molecule has 1 atom stereocenters. The Morgan fingerprint density at radius 2 is 1.92 bits per heavy atom. The monoisotopic (exact) mass is 360 g/mol. The molecular formula is C19H28N4O3. The summed E-state index contributed by atoms with van der Waals surface area (Å²) in [6, 6.07) is 4.72. The first-order chi connectivity index (χ1) is 12.6. The molecule has 1 heterocycles. The molecule has 7 heteroatoms. The van der Waals surface area contributed by atoms with Crippen molar-refractivity contribution in [3.63, 3.8) is 0 Å². The summed E-state index contributed by atoms with van der Waals surface area (Å²) >= 11 is 0. The van der Waals surface area contributed by atoms with Crippen molar-refractivity contribution in [1.29, 1.82) is 0 Å². The molecule has 2 fully saturated rings. The van der Waals surface area contributed by atoms with Crippen LogP contribution in [0.4, 0.5) is 11.4 Å². The van der Waals surface area contributed by atoms with E-state index in [4.69, 9.17) is 5.73 Å². The first kappa shape index (κ1) is 18.6. The predicted octanol–water partition coefficient (Wildman–Crippen LogP) is 2.83. The lowest BCUT2D eigenvalue weighted by molar-refractivity contribution is -0.384. The first-order valence-corrected chi connectivity index (χ1v) is 9.64. The molecule has 1 saturated carbocycles. The van der Waals surface area contributed by atoms with Crippen LogP contribution in [0.2, 0.25) is 0 Å². The van der Waals surface area contributed by atoms with E-state index in [1.54, 1.807) is 12.1 Å². The van der Waals surface area contributed by atoms with Gasteiger partial charge in [0, 0.05) is 37.3 Å². The molecule has 0 aromatic heterocycles. The molecule has 1 saturated heterocycles. The van der Waals surface area contributed by atoms with E-state index in [1.807, 2.05) is 4.90 Å². The number of carbonyl (C=O) groups excluding carboxylic acids is 1. The number of rotatable bonds is 6. The van der Waals surface area contributed by atoms with E-state index in [0.717, 1.165) is 38.8 Å². The van der Waals surface area contributed by atoms with Gasteiger partial charge in [-0.25, -0.2) is 0 Å². The van der Waals surface area contributed by atoms with Gasteiger partial charge in [-0.1, -0.05) is 19.3 Å². The number of carbonyl (C=O) groups is 1. The van der Waals surface area contributed by atoms with E-state index < -0.39 is 4.92 Å². The van der Waals surface area contributed by atoms with E-state index in [-0.39, 0.29) is 17.6 Å². The van der Waals surface area contributed by atoms with Crippen LogP contribution in [0.3, 0.4) is 0 Å².